The molecule has 4 heteroatoms. The van der Waals surface area contributed by atoms with Gasteiger partial charge in [0.2, 0.25) is 5.91 Å². The van der Waals surface area contributed by atoms with Gasteiger partial charge < -0.3 is 10.1 Å². The van der Waals surface area contributed by atoms with Gasteiger partial charge in [-0.1, -0.05) is 48.5 Å². The van der Waals surface area contributed by atoms with E-state index in [0.717, 1.165) is 37.9 Å². The van der Waals surface area contributed by atoms with E-state index in [2.05, 4.69) is 28.2 Å². The van der Waals surface area contributed by atoms with Crippen LogP contribution in [0.4, 0.5) is 0 Å². The van der Waals surface area contributed by atoms with Gasteiger partial charge in [0.1, 0.15) is 0 Å². The molecular weight excluding hydrogens is 282 g/mol. The molecular formula is C13H26BrNO2. The second kappa shape index (κ2) is 14.0. The van der Waals surface area contributed by atoms with Crippen molar-refractivity contribution < 1.29 is 9.53 Å². The summed E-state index contributed by atoms with van der Waals surface area (Å²) in [5, 5.41) is 3.79. The van der Waals surface area contributed by atoms with Crippen molar-refractivity contribution in [3.8, 4) is 0 Å². The number of nitrogens with one attached hydrogen (secondary N) is 1. The van der Waals surface area contributed by atoms with E-state index in [1.165, 1.54) is 25.7 Å². The molecule has 0 heterocycles. The molecule has 0 aromatic rings. The maximum atomic E-state index is 11.4. The Hall–Kier alpha value is -0.0900. The Bertz CT molecular complexity index is 177. The minimum Gasteiger partial charge on any atom is -0.381 e. The van der Waals surface area contributed by atoms with E-state index >= 15 is 0 Å². The molecule has 0 aromatic heterocycles. The third-order valence-electron chi connectivity index (χ3n) is 2.52. The quantitative estimate of drug-likeness (QED) is 0.444. The third kappa shape index (κ3) is 13.8. The van der Waals surface area contributed by atoms with Gasteiger partial charge in [0.05, 0.1) is 6.61 Å². The standard InChI is InChI=1S/C13H26BrNO2/c1-2-3-4-5-6-8-13(16)15-10-7-11-17-12-9-14/h2-12H2,1H3,(H,15,16). The summed E-state index contributed by atoms with van der Waals surface area (Å²) in [6, 6.07) is 0. The fraction of sp³-hybridized carbons (Fsp3) is 0.923. The first-order valence-electron chi connectivity index (χ1n) is 6.71. The number of carbonyl (C=O) groups is 1. The highest BCUT2D eigenvalue weighted by Gasteiger charge is 1.99. The molecule has 17 heavy (non-hydrogen) atoms. The summed E-state index contributed by atoms with van der Waals surface area (Å²) < 4.78 is 5.29. The molecule has 1 amide bonds. The Morgan fingerprint density at radius 3 is 2.59 bits per heavy atom. The summed E-state index contributed by atoms with van der Waals surface area (Å²) in [5.41, 5.74) is 0. The summed E-state index contributed by atoms with van der Waals surface area (Å²) in [6.45, 7) is 4.40. The van der Waals surface area contributed by atoms with E-state index < -0.39 is 0 Å². The molecule has 0 rings (SSSR count). The predicted molar refractivity (Wildman–Crippen MR) is 75.6 cm³/mol. The van der Waals surface area contributed by atoms with Gasteiger partial charge in [-0.3, -0.25) is 4.79 Å². The molecule has 0 bridgehead atoms. The van der Waals surface area contributed by atoms with Crippen molar-refractivity contribution in [3.63, 3.8) is 0 Å². The lowest BCUT2D eigenvalue weighted by molar-refractivity contribution is -0.121. The number of hydrogen-bond acceptors (Lipinski definition) is 2. The predicted octanol–water partition coefficient (Wildman–Crippen LogP) is 3.26. The molecule has 0 atom stereocenters. The minimum atomic E-state index is 0.182. The van der Waals surface area contributed by atoms with Crippen LogP contribution in [0.15, 0.2) is 0 Å². The molecule has 0 aliphatic carbocycles. The lowest BCUT2D eigenvalue weighted by atomic mass is 10.1. The van der Waals surface area contributed by atoms with E-state index in [1.54, 1.807) is 0 Å². The Morgan fingerprint density at radius 2 is 1.88 bits per heavy atom. The van der Waals surface area contributed by atoms with Crippen molar-refractivity contribution >= 4 is 21.8 Å². The number of carbonyl (C=O) groups excluding carboxylic acids is 1. The molecule has 3 nitrogen and oxygen atoms in total. The van der Waals surface area contributed by atoms with Crippen LogP contribution in [0.2, 0.25) is 0 Å². The highest BCUT2D eigenvalue weighted by molar-refractivity contribution is 9.09. The van der Waals surface area contributed by atoms with Gasteiger partial charge in [-0.05, 0) is 12.8 Å². The van der Waals surface area contributed by atoms with Gasteiger partial charge in [0, 0.05) is 24.9 Å². The lowest BCUT2D eigenvalue weighted by Gasteiger charge is -2.05. The zero-order valence-electron chi connectivity index (χ0n) is 11.0. The number of alkyl halides is 1. The van der Waals surface area contributed by atoms with Crippen molar-refractivity contribution in [2.75, 3.05) is 25.1 Å². The van der Waals surface area contributed by atoms with Gasteiger partial charge in [0.15, 0.2) is 0 Å². The van der Waals surface area contributed by atoms with Crippen LogP contribution in [0, 0.1) is 0 Å². The van der Waals surface area contributed by atoms with E-state index in [0.29, 0.717) is 6.42 Å². The van der Waals surface area contributed by atoms with Crippen LogP contribution in [0.1, 0.15) is 51.9 Å². The number of rotatable bonds is 12. The average molecular weight is 308 g/mol. The normalized spacial score (nSPS) is 10.5. The number of hydrogen-bond donors (Lipinski definition) is 1. The van der Waals surface area contributed by atoms with Crippen LogP contribution in [-0.2, 0) is 9.53 Å². The molecule has 0 spiro atoms. The molecule has 1 N–H and O–H groups in total. The van der Waals surface area contributed by atoms with Crippen LogP contribution in [0.25, 0.3) is 0 Å². The number of amides is 1. The van der Waals surface area contributed by atoms with E-state index in [4.69, 9.17) is 4.74 Å². The second-order valence-electron chi connectivity index (χ2n) is 4.17. The molecule has 0 fully saturated rings. The summed E-state index contributed by atoms with van der Waals surface area (Å²) in [6.07, 6.45) is 7.55. The smallest absolute Gasteiger partial charge is 0.219 e. The number of ether oxygens (including phenoxy) is 1. The monoisotopic (exact) mass is 307 g/mol. The van der Waals surface area contributed by atoms with Gasteiger partial charge in [-0.25, -0.2) is 0 Å². The van der Waals surface area contributed by atoms with E-state index in [-0.39, 0.29) is 5.91 Å². The topological polar surface area (TPSA) is 38.3 Å². The maximum Gasteiger partial charge on any atom is 0.219 e. The first-order chi connectivity index (χ1) is 8.31. The van der Waals surface area contributed by atoms with Crippen molar-refractivity contribution in [2.45, 2.75) is 51.9 Å². The first kappa shape index (κ1) is 16.9. The summed E-state index contributed by atoms with van der Waals surface area (Å²) >= 11 is 3.29. The van der Waals surface area contributed by atoms with Gasteiger partial charge >= 0.3 is 0 Å². The molecule has 0 saturated heterocycles. The minimum absolute atomic E-state index is 0.182. The SMILES string of the molecule is CCCCCCCC(=O)NCCCOCCBr. The molecule has 0 aliphatic heterocycles. The largest absolute Gasteiger partial charge is 0.381 e. The maximum absolute atomic E-state index is 11.4. The summed E-state index contributed by atoms with van der Waals surface area (Å²) in [5.74, 6) is 0.182. The average Bonchev–Trinajstić information content (AvgIpc) is 2.33. The summed E-state index contributed by atoms with van der Waals surface area (Å²) in [4.78, 5) is 11.4. The van der Waals surface area contributed by atoms with Gasteiger partial charge in [-0.15, -0.1) is 0 Å². The van der Waals surface area contributed by atoms with Crippen LogP contribution in [0.3, 0.4) is 0 Å². The highest BCUT2D eigenvalue weighted by atomic mass is 79.9. The number of unbranched alkanes of at least 4 members (excludes halogenated alkanes) is 4. The van der Waals surface area contributed by atoms with Crippen LogP contribution in [0.5, 0.6) is 0 Å². The zero-order chi connectivity index (χ0) is 12.8. The first-order valence-corrected chi connectivity index (χ1v) is 7.83. The van der Waals surface area contributed by atoms with Crippen molar-refractivity contribution in [1.29, 1.82) is 0 Å². The highest BCUT2D eigenvalue weighted by Crippen LogP contribution is 2.04. The summed E-state index contributed by atoms with van der Waals surface area (Å²) in [7, 11) is 0. The van der Waals surface area contributed by atoms with Crippen LogP contribution >= 0.6 is 15.9 Å². The fourth-order valence-electron chi connectivity index (χ4n) is 1.54. The van der Waals surface area contributed by atoms with Gasteiger partial charge in [-0.2, -0.15) is 0 Å². The molecule has 0 radical (unpaired) electrons. The van der Waals surface area contributed by atoms with Crippen LogP contribution in [-0.4, -0.2) is 31.0 Å². The molecule has 0 unspecified atom stereocenters. The molecule has 102 valence electrons. The number of halogens is 1. The van der Waals surface area contributed by atoms with E-state index in [9.17, 15) is 4.79 Å². The molecule has 0 saturated carbocycles. The van der Waals surface area contributed by atoms with Crippen molar-refractivity contribution in [1.82, 2.24) is 5.32 Å². The Balaban J connectivity index is 3.12. The zero-order valence-corrected chi connectivity index (χ0v) is 12.6. The Labute approximate surface area is 114 Å². The van der Waals surface area contributed by atoms with Gasteiger partial charge in [0.25, 0.3) is 0 Å². The lowest BCUT2D eigenvalue weighted by Crippen LogP contribution is -2.24. The molecule has 0 aromatic carbocycles. The Kier molecular flexibility index (Phi) is 13.9. The van der Waals surface area contributed by atoms with Crippen molar-refractivity contribution in [3.05, 3.63) is 0 Å². The fourth-order valence-corrected chi connectivity index (χ4v) is 1.77. The van der Waals surface area contributed by atoms with E-state index in [1.807, 2.05) is 0 Å². The van der Waals surface area contributed by atoms with Crippen LogP contribution < -0.4 is 5.32 Å². The third-order valence-corrected chi connectivity index (χ3v) is 2.84. The molecule has 0 aliphatic rings. The van der Waals surface area contributed by atoms with Crippen molar-refractivity contribution in [2.24, 2.45) is 0 Å². The second-order valence-corrected chi connectivity index (χ2v) is 4.96. The Morgan fingerprint density at radius 1 is 1.12 bits per heavy atom.